The number of aromatic nitrogens is 6. The number of aryl methyl sites for hydroxylation is 1. The number of carbonyl (C=O) groups is 3. The fourth-order valence-corrected chi connectivity index (χ4v) is 22.9. The summed E-state index contributed by atoms with van der Waals surface area (Å²) in [6, 6.07) is 20.0. The van der Waals surface area contributed by atoms with E-state index in [0.717, 1.165) is 16.7 Å². The van der Waals surface area contributed by atoms with Gasteiger partial charge in [-0.3, -0.25) is 43.0 Å². The number of hydrogen-bond acceptors (Lipinski definition) is 15. The van der Waals surface area contributed by atoms with E-state index in [1.165, 1.54) is 50.1 Å². The number of allylic oxidation sites excluding steroid dienone is 6. The van der Waals surface area contributed by atoms with Gasteiger partial charge in [0.15, 0.2) is 16.6 Å². The maximum atomic E-state index is 12.7. The molecule has 0 saturated carbocycles. The summed E-state index contributed by atoms with van der Waals surface area (Å²) in [5.41, 5.74) is 0.514. The van der Waals surface area contributed by atoms with Crippen molar-refractivity contribution in [1.82, 2.24) is 28.7 Å². The van der Waals surface area contributed by atoms with E-state index < -0.39 is 71.0 Å². The monoisotopic (exact) mass is 2080 g/mol. The van der Waals surface area contributed by atoms with Crippen LogP contribution in [0.25, 0.3) is 0 Å². The quantitative estimate of drug-likeness (QED) is 0.0110. The molecule has 704 valence electrons. The van der Waals surface area contributed by atoms with Crippen molar-refractivity contribution in [2.75, 3.05) is 39.6 Å². The predicted molar refractivity (Wildman–Crippen MR) is 480 cm³/mol. The average molecular weight is 2080 g/mol. The zero-order valence-corrected chi connectivity index (χ0v) is 85.6. The molecule has 0 unspecified atom stereocenters. The first-order valence-corrected chi connectivity index (χ1v) is 46.9. The Bertz CT molecular complexity index is 4620. The van der Waals surface area contributed by atoms with Gasteiger partial charge in [-0.15, -0.1) is 0 Å². The number of ether oxygens (including phenoxy) is 3. The molecule has 0 aliphatic heterocycles. The van der Waals surface area contributed by atoms with Crippen molar-refractivity contribution in [2.45, 2.75) is 183 Å². The summed E-state index contributed by atoms with van der Waals surface area (Å²) < 4.78 is 108. The first kappa shape index (κ1) is 140. The van der Waals surface area contributed by atoms with E-state index in [2.05, 4.69) is 258 Å². The summed E-state index contributed by atoms with van der Waals surface area (Å²) >= 11 is 6.43. The molecule has 3 heterocycles. The van der Waals surface area contributed by atoms with Crippen LogP contribution in [-0.2, 0) is 135 Å². The van der Waals surface area contributed by atoms with Crippen LogP contribution in [0, 0.1) is 119 Å². The van der Waals surface area contributed by atoms with Gasteiger partial charge in [0.1, 0.15) is 0 Å². The first-order valence-electron chi connectivity index (χ1n) is 37.6. The van der Waals surface area contributed by atoms with E-state index in [1.54, 1.807) is 56.7 Å². The number of H-pyrrole nitrogens is 3. The fourth-order valence-electron chi connectivity index (χ4n) is 12.9. The van der Waals surface area contributed by atoms with Crippen molar-refractivity contribution in [2.24, 2.45) is 29.6 Å². The molecule has 6 atom stereocenters. The summed E-state index contributed by atoms with van der Waals surface area (Å²) in [5.74, 6) is -0.325. The van der Waals surface area contributed by atoms with Crippen molar-refractivity contribution in [3.63, 3.8) is 0 Å². The number of rotatable bonds is 27. The van der Waals surface area contributed by atoms with E-state index in [0.29, 0.717) is 74.2 Å². The van der Waals surface area contributed by atoms with Gasteiger partial charge in [-0.2, -0.15) is 0 Å². The molecular weight excluding hydrogens is 1960 g/mol. The molecule has 8 rings (SSSR count). The smallest absolute Gasteiger partial charge is 0 e. The molecule has 38 heteroatoms. The molecule has 3 aromatic heterocycles. The summed E-state index contributed by atoms with van der Waals surface area (Å²) in [7, 11) is -6.88. The Morgan fingerprint density at radius 2 is 0.680 bits per heavy atom. The third-order valence-corrected chi connectivity index (χ3v) is 36.8. The standard InChI is InChI=1S/C31H35BrN2O5Si.C24H38N2O5Si.C23H35BrN2O5Si.9CO.3CH3.3Fe/c1-5-38-28(35)17-16-22-18-24(34-20-27(32)29(36)33-30(34)37)19-23(22)21-39-40(31(2,3)4,25-12-8-6-9-13-25)26-14-10-7-11-15-26;1-9-30-21(27)11-10-18-12-20(26-14-17(4)22(28)25-23(26)29)13-19(18)15-31-32(7,8)24(5,6)16(2)3;1-8-30-20(27)10-9-16-11-18(26-13-19(24)21(28)25-22(26)29)12-17(16)14-31-32(6,7)23(4,5)15(2)3;9*1-2;;;;;;/h6-18,20,23-24H,5,19,21H2,1-4H3,(H,33,36,37);10-12,14,16,19-20H,9,13,15H2,1-8H3,(H,25,28,29);9-11,13,15,17-18H,8,12,14H2,1-7H3,(H,25,28,29);;;;;;;;;;3*1H3;;;/q;;;;;;;;;;;;3*-1;;;/b17-16+;11-10+;10-9+;;;;;;;;;;;;;;;/t23-,24+;19-,20+;17-,18+;;;;;;;;;;;;;;;/m111.............../s1. The van der Waals surface area contributed by atoms with Gasteiger partial charge < -0.3 is 49.8 Å². The molecule has 0 amide bonds. The minimum atomic E-state index is -2.80. The van der Waals surface area contributed by atoms with Crippen molar-refractivity contribution in [3.05, 3.63) is 310 Å². The van der Waals surface area contributed by atoms with Crippen LogP contribution in [0.4, 0.5) is 0 Å². The molecular formula is C90H117Br2Fe3N6O24Si3-3. The predicted octanol–water partition coefficient (Wildman–Crippen LogP) is 14.2. The Kier molecular flexibility index (Phi) is 78.7. The van der Waals surface area contributed by atoms with Crippen LogP contribution in [0.5, 0.6) is 0 Å². The van der Waals surface area contributed by atoms with E-state index in [-0.39, 0.29) is 141 Å². The number of hydrogen-bond donors (Lipinski definition) is 3. The molecule has 0 spiro atoms. The average Bonchev–Trinajstić information content (AvgIpc) is 0.784. The van der Waals surface area contributed by atoms with Crippen LogP contribution >= 0.6 is 31.9 Å². The number of nitrogens with zero attached hydrogens (tertiary/aromatic N) is 3. The number of aromatic amines is 3. The first-order chi connectivity index (χ1) is 57.7. The topological polar surface area (TPSA) is 450 Å². The van der Waals surface area contributed by atoms with Crippen LogP contribution < -0.4 is 44.1 Å². The molecule has 0 saturated heterocycles. The second kappa shape index (κ2) is 71.8. The molecule has 3 N–H and O–H groups in total. The molecule has 3 aliphatic rings. The summed E-state index contributed by atoms with van der Waals surface area (Å²) in [6.07, 6.45) is 21.9. The van der Waals surface area contributed by atoms with Crippen LogP contribution in [-0.4, -0.2) is 111 Å². The van der Waals surface area contributed by atoms with Crippen LogP contribution in [0.2, 0.25) is 41.3 Å². The molecule has 0 radical (unpaired) electrons. The molecule has 0 fully saturated rings. The Labute approximate surface area is 804 Å². The molecule has 30 nitrogen and oxygen atoms in total. The zero-order valence-electron chi connectivity index (χ0n) is 76.1. The molecule has 5 aromatic rings. The van der Waals surface area contributed by atoms with Gasteiger partial charge in [-0.05, 0) is 159 Å². The van der Waals surface area contributed by atoms with Gasteiger partial charge in [0.2, 0.25) is 0 Å². The Morgan fingerprint density at radius 3 is 0.922 bits per heavy atom. The van der Waals surface area contributed by atoms with E-state index in [1.807, 2.05) is 30.4 Å². The number of carbonyl (C=O) groups excluding carboxylic acids is 3. The Morgan fingerprint density at radius 1 is 0.438 bits per heavy atom. The van der Waals surface area contributed by atoms with Crippen LogP contribution in [0.15, 0.2) is 188 Å². The van der Waals surface area contributed by atoms with Gasteiger partial charge >= 0.3 is 137 Å². The minimum absolute atomic E-state index is 0. The largest absolute Gasteiger partial charge is 0.358 e. The van der Waals surface area contributed by atoms with Crippen molar-refractivity contribution in [1.29, 1.82) is 0 Å². The number of esters is 3. The molecule has 0 bridgehead atoms. The van der Waals surface area contributed by atoms with Gasteiger partial charge in [0.25, 0.3) is 25.0 Å². The normalized spacial score (nSPS) is 15.5. The second-order valence-electron chi connectivity index (χ2n) is 30.4. The number of benzene rings is 2. The Balaban J connectivity index is -0.000000184. The van der Waals surface area contributed by atoms with Crippen LogP contribution in [0.3, 0.4) is 0 Å². The maximum Gasteiger partial charge on any atom is 0 e. The SMILES string of the molecule is CCOC(=O)/C=C/C1=C[C@H](n2cc(Br)c(=O)[nH]c2=O)C[C@@H]1CO[Si](C)(C)C(C)(C)C(C)C.CCOC(=O)/C=C/C1=C[C@H](n2cc(Br)c(=O)[nH]c2=O)C[C@@H]1CO[Si](c1ccccc1)(c1ccccc1)C(C)(C)C.CCOC(=O)/C=C/C1=C[C@H](n2cc(C)c(=O)[nH]c2=O)C[C@@H]1CO[Si](C)(C)C(C)(C)C(C)C.[C-]#[O+].[C-]#[O+].[C-]#[O+].[C-]#[O+].[C-]#[O+].[C-]#[O+].[C-]#[O+].[C-]#[O+].[C-]#[O+].[CH3-].[CH3-].[CH3-].[Fe].[Fe].[Fe]. The summed E-state index contributed by atoms with van der Waals surface area (Å²) in [4.78, 5) is 116. The fraction of sp³-hybridized carbons (Fsp3) is 0.433. The summed E-state index contributed by atoms with van der Waals surface area (Å²) in [5, 5.41) is 2.33. The van der Waals surface area contributed by atoms with Gasteiger partial charge in [0, 0.05) is 131 Å². The van der Waals surface area contributed by atoms with Gasteiger partial charge in [-0.1, -0.05) is 173 Å². The van der Waals surface area contributed by atoms with Gasteiger partial charge in [0.05, 0.1) is 46.9 Å². The number of nitrogens with one attached hydrogen (secondary N) is 3. The van der Waals surface area contributed by atoms with Crippen molar-refractivity contribution < 1.29 is 135 Å². The third kappa shape index (κ3) is 41.6. The van der Waals surface area contributed by atoms with Gasteiger partial charge in [-0.25, -0.2) is 28.8 Å². The second-order valence-corrected chi connectivity index (χ2v) is 45.6. The maximum absolute atomic E-state index is 12.7. The van der Waals surface area contributed by atoms with Crippen molar-refractivity contribution >= 4 is 85.1 Å². The van der Waals surface area contributed by atoms with Crippen LogP contribution in [0.1, 0.15) is 140 Å². The van der Waals surface area contributed by atoms with E-state index >= 15 is 0 Å². The van der Waals surface area contributed by atoms with E-state index in [4.69, 9.17) is 69.4 Å². The van der Waals surface area contributed by atoms with E-state index in [9.17, 15) is 43.2 Å². The van der Waals surface area contributed by atoms with Crippen molar-refractivity contribution in [3.8, 4) is 0 Å². The molecule has 128 heavy (non-hydrogen) atoms. The summed E-state index contributed by atoms with van der Waals surface area (Å²) in [6.45, 7) is 83.4. The minimum Gasteiger partial charge on any atom is -0.358 e. The third-order valence-electron chi connectivity index (χ3n) is 21.5. The Hall–Kier alpha value is -7.96. The molecule has 2 aromatic carbocycles. The zero-order chi connectivity index (χ0) is 95.5. The molecule has 3 aliphatic carbocycles. The number of halogens is 2.